The quantitative estimate of drug-likeness (QED) is 0.858. The molecule has 2 aliphatic rings. The third-order valence-electron chi connectivity index (χ3n) is 6.68. The molecule has 4 heteroatoms. The summed E-state index contributed by atoms with van der Waals surface area (Å²) in [5, 5.41) is 3.87. The van der Waals surface area contributed by atoms with Crippen LogP contribution in [0.2, 0.25) is 0 Å². The van der Waals surface area contributed by atoms with Crippen LogP contribution in [0.1, 0.15) is 40.4 Å². The molecule has 1 amide bonds. The monoisotopic (exact) mass is 363 g/mol. The predicted molar refractivity (Wildman–Crippen MR) is 109 cm³/mol. The molecule has 0 saturated carbocycles. The zero-order valence-corrected chi connectivity index (χ0v) is 16.2. The van der Waals surface area contributed by atoms with Crippen molar-refractivity contribution >= 4 is 5.91 Å². The van der Waals surface area contributed by atoms with Crippen LogP contribution >= 0.6 is 0 Å². The van der Waals surface area contributed by atoms with E-state index in [9.17, 15) is 4.79 Å². The summed E-state index contributed by atoms with van der Waals surface area (Å²) in [4.78, 5) is 14.2. The van der Waals surface area contributed by atoms with E-state index >= 15 is 0 Å². The molecule has 0 aromatic heterocycles. The Hall–Kier alpha value is -2.17. The molecule has 1 heterocycles. The Bertz CT molecular complexity index is 835. The van der Waals surface area contributed by atoms with E-state index in [1.807, 2.05) is 12.1 Å². The molecular weight excluding hydrogens is 334 g/mol. The van der Waals surface area contributed by atoms with Crippen molar-refractivity contribution in [2.24, 2.45) is 5.73 Å². The van der Waals surface area contributed by atoms with Gasteiger partial charge in [0.15, 0.2) is 0 Å². The number of benzene rings is 2. The number of piperidine rings is 1. The molecule has 4 rings (SSSR count). The van der Waals surface area contributed by atoms with Gasteiger partial charge >= 0.3 is 0 Å². The van der Waals surface area contributed by atoms with E-state index in [-0.39, 0.29) is 11.3 Å². The maximum atomic E-state index is 11.7. The van der Waals surface area contributed by atoms with Gasteiger partial charge in [0.05, 0.1) is 0 Å². The molecular formula is C23H29N3O. The van der Waals surface area contributed by atoms with Crippen LogP contribution in [0, 0.1) is 0 Å². The standard InChI is InChI=1S/C23H29N3O/c1-23-11-13-26(2)20(15-17-8-9-18(22(24)27)14-19(17)23)21(23)25-12-10-16-6-4-3-5-7-16/h3-9,14,20-21,25H,10-13,15H2,1-2H3,(H2,24,27). The Balaban J connectivity index is 1.61. The summed E-state index contributed by atoms with van der Waals surface area (Å²) in [5.41, 5.74) is 10.2. The van der Waals surface area contributed by atoms with Crippen molar-refractivity contribution in [2.45, 2.75) is 43.7 Å². The van der Waals surface area contributed by atoms with Gasteiger partial charge in [-0.05, 0) is 68.2 Å². The Morgan fingerprint density at radius 3 is 2.78 bits per heavy atom. The van der Waals surface area contributed by atoms with E-state index < -0.39 is 0 Å². The van der Waals surface area contributed by atoms with Gasteiger partial charge in [-0.1, -0.05) is 43.3 Å². The van der Waals surface area contributed by atoms with Crippen molar-refractivity contribution in [2.75, 3.05) is 20.1 Å². The van der Waals surface area contributed by atoms with Crippen molar-refractivity contribution in [3.63, 3.8) is 0 Å². The molecule has 2 aromatic rings. The van der Waals surface area contributed by atoms with Gasteiger partial charge in [0.25, 0.3) is 0 Å². The summed E-state index contributed by atoms with van der Waals surface area (Å²) in [5.74, 6) is -0.343. The molecule has 4 nitrogen and oxygen atoms in total. The molecule has 3 atom stereocenters. The average molecular weight is 364 g/mol. The van der Waals surface area contributed by atoms with Gasteiger partial charge in [0.2, 0.25) is 5.91 Å². The van der Waals surface area contributed by atoms with Gasteiger partial charge in [-0.3, -0.25) is 4.79 Å². The van der Waals surface area contributed by atoms with Gasteiger partial charge in [-0.2, -0.15) is 0 Å². The van der Waals surface area contributed by atoms with Crippen molar-refractivity contribution in [3.05, 3.63) is 70.8 Å². The fourth-order valence-corrected chi connectivity index (χ4v) is 5.03. The van der Waals surface area contributed by atoms with Crippen LogP contribution in [0.4, 0.5) is 0 Å². The van der Waals surface area contributed by atoms with Crippen LogP contribution in [0.3, 0.4) is 0 Å². The number of nitrogens with zero attached hydrogens (tertiary/aromatic N) is 1. The Labute approximate surface area is 161 Å². The number of likely N-dealkylation sites (N-methyl/N-ethyl adjacent to an activating group) is 1. The molecule has 2 bridgehead atoms. The third kappa shape index (κ3) is 3.28. The third-order valence-corrected chi connectivity index (χ3v) is 6.68. The van der Waals surface area contributed by atoms with Crippen molar-refractivity contribution in [1.82, 2.24) is 10.2 Å². The highest BCUT2D eigenvalue weighted by atomic mass is 16.1. The van der Waals surface area contributed by atoms with E-state index in [0.29, 0.717) is 17.6 Å². The SMILES string of the molecule is CN1CCC2(C)c3cc(C(N)=O)ccc3CC1C2NCCc1ccccc1. The van der Waals surface area contributed by atoms with Crippen LogP contribution in [-0.4, -0.2) is 43.0 Å². The van der Waals surface area contributed by atoms with Gasteiger partial charge in [-0.15, -0.1) is 0 Å². The zero-order valence-electron chi connectivity index (χ0n) is 16.2. The molecule has 1 aliphatic carbocycles. The van der Waals surface area contributed by atoms with Crippen LogP contribution in [0.5, 0.6) is 0 Å². The lowest BCUT2D eigenvalue weighted by molar-refractivity contribution is 0.0663. The van der Waals surface area contributed by atoms with Gasteiger partial charge in [-0.25, -0.2) is 0 Å². The molecule has 27 heavy (non-hydrogen) atoms. The molecule has 0 spiro atoms. The number of carbonyl (C=O) groups excluding carboxylic acids is 1. The molecule has 0 radical (unpaired) electrons. The highest BCUT2D eigenvalue weighted by Crippen LogP contribution is 2.44. The Kier molecular flexibility index (Phi) is 4.79. The van der Waals surface area contributed by atoms with Crippen LogP contribution in [0.25, 0.3) is 0 Å². The minimum atomic E-state index is -0.343. The summed E-state index contributed by atoms with van der Waals surface area (Å²) >= 11 is 0. The fraction of sp³-hybridized carbons (Fsp3) is 0.435. The number of fused-ring (bicyclic) bond motifs is 4. The lowest BCUT2D eigenvalue weighted by Crippen LogP contribution is -2.66. The first-order valence-electron chi connectivity index (χ1n) is 9.90. The number of likely N-dealkylation sites (tertiary alicyclic amines) is 1. The van der Waals surface area contributed by atoms with Gasteiger partial charge < -0.3 is 16.0 Å². The van der Waals surface area contributed by atoms with Gasteiger partial charge in [0.1, 0.15) is 0 Å². The van der Waals surface area contributed by atoms with E-state index in [0.717, 1.165) is 32.4 Å². The van der Waals surface area contributed by atoms with E-state index in [1.165, 1.54) is 16.7 Å². The number of hydrogen-bond acceptors (Lipinski definition) is 3. The molecule has 3 N–H and O–H groups in total. The zero-order chi connectivity index (χ0) is 19.0. The molecule has 3 unspecified atom stereocenters. The lowest BCUT2D eigenvalue weighted by atomic mass is 9.61. The maximum absolute atomic E-state index is 11.7. The predicted octanol–water partition coefficient (Wildman–Crippen LogP) is 2.50. The largest absolute Gasteiger partial charge is 0.366 e. The molecule has 142 valence electrons. The summed E-state index contributed by atoms with van der Waals surface area (Å²) in [7, 11) is 2.24. The van der Waals surface area contributed by atoms with E-state index in [2.05, 4.69) is 60.6 Å². The minimum absolute atomic E-state index is 0.0207. The number of hydrogen-bond donors (Lipinski definition) is 2. The maximum Gasteiger partial charge on any atom is 0.248 e. The first kappa shape index (κ1) is 18.2. The summed E-state index contributed by atoms with van der Waals surface area (Å²) in [6, 6.07) is 17.5. The number of amides is 1. The van der Waals surface area contributed by atoms with Crippen molar-refractivity contribution in [3.8, 4) is 0 Å². The van der Waals surface area contributed by atoms with E-state index in [1.54, 1.807) is 0 Å². The van der Waals surface area contributed by atoms with Crippen LogP contribution in [0.15, 0.2) is 48.5 Å². The Morgan fingerprint density at radius 2 is 2.04 bits per heavy atom. The molecule has 1 saturated heterocycles. The normalized spacial score (nSPS) is 27.2. The van der Waals surface area contributed by atoms with Crippen LogP contribution < -0.4 is 11.1 Å². The molecule has 1 fully saturated rings. The highest BCUT2D eigenvalue weighted by molar-refractivity contribution is 5.93. The second kappa shape index (κ2) is 7.10. The first-order chi connectivity index (χ1) is 13.0. The smallest absolute Gasteiger partial charge is 0.248 e. The lowest BCUT2D eigenvalue weighted by Gasteiger charge is -2.55. The van der Waals surface area contributed by atoms with Crippen molar-refractivity contribution in [1.29, 1.82) is 0 Å². The molecule has 2 aromatic carbocycles. The average Bonchev–Trinajstić information content (AvgIpc) is 2.67. The number of rotatable bonds is 5. The second-order valence-electron chi connectivity index (χ2n) is 8.32. The summed E-state index contributed by atoms with van der Waals surface area (Å²) in [6.07, 6.45) is 3.12. The fourth-order valence-electron chi connectivity index (χ4n) is 5.03. The first-order valence-corrected chi connectivity index (χ1v) is 9.90. The van der Waals surface area contributed by atoms with Crippen molar-refractivity contribution < 1.29 is 4.79 Å². The number of carbonyl (C=O) groups is 1. The van der Waals surface area contributed by atoms with Gasteiger partial charge in [0, 0.05) is 23.1 Å². The second-order valence-corrected chi connectivity index (χ2v) is 8.32. The summed E-state index contributed by atoms with van der Waals surface area (Å²) in [6.45, 7) is 4.40. The van der Waals surface area contributed by atoms with Crippen LogP contribution in [-0.2, 0) is 18.3 Å². The summed E-state index contributed by atoms with van der Waals surface area (Å²) < 4.78 is 0. The molecule has 1 aliphatic heterocycles. The number of nitrogens with one attached hydrogen (secondary N) is 1. The highest BCUT2D eigenvalue weighted by Gasteiger charge is 2.49. The number of nitrogens with two attached hydrogens (primary N) is 1. The topological polar surface area (TPSA) is 58.4 Å². The Morgan fingerprint density at radius 1 is 1.26 bits per heavy atom. The number of primary amides is 1. The minimum Gasteiger partial charge on any atom is -0.366 e. The van der Waals surface area contributed by atoms with E-state index in [4.69, 9.17) is 5.73 Å².